The standard InChI is InChI=1S/C16H17N2O4/c17-15(21)16-12(19)10-22-13(16)8-9-18(16)14(20)7-6-11-4-2-1-3-5-11/h1-5,7,13H,6,8-10H2,(H2,17,21). The normalized spacial score (nSPS) is 27.0. The first-order valence-electron chi connectivity index (χ1n) is 7.20. The molecule has 3 rings (SSSR count). The van der Waals surface area contributed by atoms with E-state index in [1.54, 1.807) is 0 Å². The lowest BCUT2D eigenvalue weighted by Gasteiger charge is -2.32. The number of nitrogens with two attached hydrogens (primary N) is 1. The topological polar surface area (TPSA) is 89.7 Å². The fourth-order valence-corrected chi connectivity index (χ4v) is 3.27. The Labute approximate surface area is 128 Å². The molecule has 115 valence electrons. The van der Waals surface area contributed by atoms with Gasteiger partial charge in [-0.25, -0.2) is 0 Å². The van der Waals surface area contributed by atoms with Crippen LogP contribution >= 0.6 is 0 Å². The van der Waals surface area contributed by atoms with Crippen molar-refractivity contribution in [2.45, 2.75) is 24.5 Å². The predicted molar refractivity (Wildman–Crippen MR) is 77.4 cm³/mol. The van der Waals surface area contributed by atoms with E-state index in [-0.39, 0.29) is 12.5 Å². The summed E-state index contributed by atoms with van der Waals surface area (Å²) in [5, 5.41) is 0. The summed E-state index contributed by atoms with van der Waals surface area (Å²) in [7, 11) is 0. The highest BCUT2D eigenvalue weighted by Gasteiger charge is 2.64. The lowest BCUT2D eigenvalue weighted by Crippen LogP contribution is -2.63. The van der Waals surface area contributed by atoms with Crippen molar-refractivity contribution in [2.24, 2.45) is 5.73 Å². The third-order valence-electron chi connectivity index (χ3n) is 4.34. The van der Waals surface area contributed by atoms with E-state index < -0.39 is 23.3 Å². The van der Waals surface area contributed by atoms with Gasteiger partial charge in [0.05, 0.1) is 12.5 Å². The molecule has 2 amide bonds. The Morgan fingerprint density at radius 1 is 1.36 bits per heavy atom. The molecule has 1 radical (unpaired) electrons. The fourth-order valence-electron chi connectivity index (χ4n) is 3.27. The van der Waals surface area contributed by atoms with Crippen molar-refractivity contribution in [3.8, 4) is 0 Å². The van der Waals surface area contributed by atoms with Gasteiger partial charge in [-0.1, -0.05) is 30.3 Å². The van der Waals surface area contributed by atoms with Gasteiger partial charge >= 0.3 is 0 Å². The molecular weight excluding hydrogens is 284 g/mol. The van der Waals surface area contributed by atoms with Crippen molar-refractivity contribution in [1.29, 1.82) is 0 Å². The summed E-state index contributed by atoms with van der Waals surface area (Å²) in [5.41, 5.74) is 4.81. The molecule has 2 saturated heterocycles. The summed E-state index contributed by atoms with van der Waals surface area (Å²) in [5.74, 6) is -1.59. The molecule has 2 atom stereocenters. The Morgan fingerprint density at radius 2 is 2.09 bits per heavy atom. The maximum Gasteiger partial charge on any atom is 0.254 e. The van der Waals surface area contributed by atoms with Crippen molar-refractivity contribution in [1.82, 2.24) is 4.90 Å². The van der Waals surface area contributed by atoms with E-state index in [9.17, 15) is 14.4 Å². The average Bonchev–Trinajstić information content (AvgIpc) is 3.05. The maximum absolute atomic E-state index is 12.5. The van der Waals surface area contributed by atoms with Crippen LogP contribution in [0.4, 0.5) is 0 Å². The minimum absolute atomic E-state index is 0.171. The number of amides is 2. The average molecular weight is 301 g/mol. The Kier molecular flexibility index (Phi) is 3.70. The lowest BCUT2D eigenvalue weighted by molar-refractivity contribution is -0.148. The van der Waals surface area contributed by atoms with E-state index in [0.29, 0.717) is 19.4 Å². The highest BCUT2D eigenvalue weighted by molar-refractivity contribution is 6.15. The third kappa shape index (κ3) is 2.11. The first kappa shape index (κ1) is 14.7. The second-order valence-corrected chi connectivity index (χ2v) is 5.53. The number of rotatable bonds is 4. The van der Waals surface area contributed by atoms with Gasteiger partial charge in [-0.3, -0.25) is 14.4 Å². The molecular formula is C16H17N2O4. The zero-order valence-electron chi connectivity index (χ0n) is 12.0. The number of likely N-dealkylation sites (tertiary alicyclic amines) is 1. The van der Waals surface area contributed by atoms with E-state index in [0.717, 1.165) is 5.56 Å². The highest BCUT2D eigenvalue weighted by atomic mass is 16.5. The molecule has 0 aromatic heterocycles. The van der Waals surface area contributed by atoms with Crippen LogP contribution in [0.15, 0.2) is 30.3 Å². The van der Waals surface area contributed by atoms with Crippen LogP contribution in [0.3, 0.4) is 0 Å². The molecule has 2 N–H and O–H groups in total. The van der Waals surface area contributed by atoms with Crippen LogP contribution in [-0.2, 0) is 25.5 Å². The molecule has 2 aliphatic heterocycles. The van der Waals surface area contributed by atoms with Gasteiger partial charge in [-0.05, 0) is 18.4 Å². The number of nitrogens with zero attached hydrogens (tertiary/aromatic N) is 1. The van der Waals surface area contributed by atoms with E-state index >= 15 is 0 Å². The van der Waals surface area contributed by atoms with Gasteiger partial charge < -0.3 is 15.4 Å². The van der Waals surface area contributed by atoms with Gasteiger partial charge in [-0.2, -0.15) is 0 Å². The lowest BCUT2D eigenvalue weighted by atomic mass is 9.89. The van der Waals surface area contributed by atoms with Crippen LogP contribution in [-0.4, -0.2) is 47.3 Å². The van der Waals surface area contributed by atoms with Crippen molar-refractivity contribution in [2.75, 3.05) is 13.2 Å². The van der Waals surface area contributed by atoms with Gasteiger partial charge in [0.1, 0.15) is 6.61 Å². The smallest absolute Gasteiger partial charge is 0.254 e. The van der Waals surface area contributed by atoms with Crippen molar-refractivity contribution in [3.05, 3.63) is 42.3 Å². The molecule has 1 aromatic rings. The second-order valence-electron chi connectivity index (χ2n) is 5.53. The molecule has 0 bridgehead atoms. The van der Waals surface area contributed by atoms with Gasteiger partial charge in [0, 0.05) is 6.54 Å². The Bertz CT molecular complexity index is 616. The first-order chi connectivity index (χ1) is 10.6. The number of carbonyl (C=O) groups is 3. The van der Waals surface area contributed by atoms with Gasteiger partial charge in [0.2, 0.25) is 11.4 Å². The van der Waals surface area contributed by atoms with Crippen LogP contribution in [0.2, 0.25) is 0 Å². The zero-order valence-corrected chi connectivity index (χ0v) is 12.0. The van der Waals surface area contributed by atoms with Crippen molar-refractivity contribution in [3.63, 3.8) is 0 Å². The summed E-state index contributed by atoms with van der Waals surface area (Å²) in [6.45, 7) is 0.125. The third-order valence-corrected chi connectivity index (χ3v) is 4.34. The Morgan fingerprint density at radius 3 is 2.77 bits per heavy atom. The Hall–Kier alpha value is -2.21. The van der Waals surface area contributed by atoms with E-state index in [2.05, 4.69) is 0 Å². The molecule has 2 heterocycles. The quantitative estimate of drug-likeness (QED) is 0.784. The zero-order chi connectivity index (χ0) is 15.7. The van der Waals surface area contributed by atoms with E-state index in [1.807, 2.05) is 30.3 Å². The molecule has 0 saturated carbocycles. The molecule has 6 nitrogen and oxygen atoms in total. The van der Waals surface area contributed by atoms with Crippen LogP contribution in [0.5, 0.6) is 0 Å². The summed E-state index contributed by atoms with van der Waals surface area (Å²) in [6, 6.07) is 9.49. The number of ether oxygens (including phenoxy) is 1. The summed E-state index contributed by atoms with van der Waals surface area (Å²) in [4.78, 5) is 37.8. The van der Waals surface area contributed by atoms with Crippen molar-refractivity contribution >= 4 is 17.6 Å². The highest BCUT2D eigenvalue weighted by Crippen LogP contribution is 2.37. The Balaban J connectivity index is 1.77. The van der Waals surface area contributed by atoms with Gasteiger partial charge in [-0.15, -0.1) is 0 Å². The summed E-state index contributed by atoms with van der Waals surface area (Å²) >= 11 is 0. The number of hydrogen-bond acceptors (Lipinski definition) is 4. The van der Waals surface area contributed by atoms with Crippen LogP contribution in [0.25, 0.3) is 0 Å². The second kappa shape index (κ2) is 5.53. The number of primary amides is 1. The molecule has 22 heavy (non-hydrogen) atoms. The number of ketones is 1. The first-order valence-corrected chi connectivity index (χ1v) is 7.20. The largest absolute Gasteiger partial charge is 0.367 e. The summed E-state index contributed by atoms with van der Waals surface area (Å²) < 4.78 is 5.34. The van der Waals surface area contributed by atoms with Crippen molar-refractivity contribution < 1.29 is 19.1 Å². The SMILES string of the molecule is NC(=O)C12C(=O)COC1CCN2C(=O)[CH]Cc1ccccc1. The molecule has 1 aromatic carbocycles. The summed E-state index contributed by atoms with van der Waals surface area (Å²) in [6.07, 6.45) is 1.74. The van der Waals surface area contributed by atoms with Gasteiger partial charge in [0.15, 0.2) is 5.78 Å². The molecule has 2 fully saturated rings. The monoisotopic (exact) mass is 301 g/mol. The van der Waals surface area contributed by atoms with E-state index in [1.165, 1.54) is 11.3 Å². The van der Waals surface area contributed by atoms with Crippen LogP contribution in [0.1, 0.15) is 12.0 Å². The molecule has 0 aliphatic carbocycles. The molecule has 6 heteroatoms. The number of benzene rings is 1. The predicted octanol–water partition coefficient (Wildman–Crippen LogP) is -0.142. The van der Waals surface area contributed by atoms with E-state index in [4.69, 9.17) is 10.5 Å². The fraction of sp³-hybridized carbons (Fsp3) is 0.375. The molecule has 0 spiro atoms. The minimum Gasteiger partial charge on any atom is -0.367 e. The maximum atomic E-state index is 12.5. The number of hydrogen-bond donors (Lipinski definition) is 1. The minimum atomic E-state index is -1.62. The van der Waals surface area contributed by atoms with Crippen LogP contribution < -0.4 is 5.73 Å². The molecule has 2 aliphatic rings. The number of fused-ring (bicyclic) bond motifs is 1. The molecule has 2 unspecified atom stereocenters. The number of carbonyl (C=O) groups excluding carboxylic acids is 3. The van der Waals surface area contributed by atoms with Gasteiger partial charge in [0.25, 0.3) is 5.91 Å². The van der Waals surface area contributed by atoms with Crippen LogP contribution in [0, 0.1) is 6.42 Å². The number of Topliss-reactive ketones (excluding diaryl/α,β-unsaturated/α-hetero) is 1.